The minimum absolute atomic E-state index is 0.237. The van der Waals surface area contributed by atoms with Gasteiger partial charge in [0.25, 0.3) is 5.91 Å². The third kappa shape index (κ3) is 3.17. The first-order valence-electron chi connectivity index (χ1n) is 7.34. The highest BCUT2D eigenvalue weighted by Crippen LogP contribution is 2.20. The van der Waals surface area contributed by atoms with Crippen LogP contribution in [0.15, 0.2) is 54.6 Å². The Morgan fingerprint density at radius 1 is 1.09 bits per heavy atom. The number of carbonyl (C=O) groups is 2. The van der Waals surface area contributed by atoms with Crippen LogP contribution in [0.2, 0.25) is 0 Å². The van der Waals surface area contributed by atoms with Crippen LogP contribution in [-0.4, -0.2) is 24.5 Å². The highest BCUT2D eigenvalue weighted by molar-refractivity contribution is 5.95. The van der Waals surface area contributed by atoms with Crippen LogP contribution in [0.5, 0.6) is 0 Å². The van der Waals surface area contributed by atoms with E-state index in [2.05, 4.69) is 5.32 Å². The molecule has 1 atom stereocenters. The van der Waals surface area contributed by atoms with Gasteiger partial charge in [0.05, 0.1) is 5.56 Å². The van der Waals surface area contributed by atoms with Gasteiger partial charge in [-0.2, -0.15) is 0 Å². The Hall–Kier alpha value is -2.62. The second-order valence-corrected chi connectivity index (χ2v) is 5.28. The Labute approximate surface area is 129 Å². The van der Waals surface area contributed by atoms with Crippen molar-refractivity contribution in [3.8, 4) is 0 Å². The minimum atomic E-state index is -0.738. The summed E-state index contributed by atoms with van der Waals surface area (Å²) in [5.41, 5.74) is 2.58. The van der Waals surface area contributed by atoms with Crippen molar-refractivity contribution in [2.75, 3.05) is 6.54 Å². The summed E-state index contributed by atoms with van der Waals surface area (Å²) < 4.78 is 5.23. The van der Waals surface area contributed by atoms with Crippen LogP contribution in [-0.2, 0) is 22.4 Å². The maximum absolute atomic E-state index is 12.2. The van der Waals surface area contributed by atoms with E-state index in [0.29, 0.717) is 18.5 Å². The van der Waals surface area contributed by atoms with Crippen LogP contribution >= 0.6 is 0 Å². The smallest absolute Gasteiger partial charge is 0.339 e. The van der Waals surface area contributed by atoms with E-state index in [9.17, 15) is 9.59 Å². The van der Waals surface area contributed by atoms with Crippen molar-refractivity contribution in [1.29, 1.82) is 0 Å². The summed E-state index contributed by atoms with van der Waals surface area (Å²) in [6, 6.07) is 17.2. The molecule has 0 unspecified atom stereocenters. The SMILES string of the molecule is O=C1O[C@H](C(=O)NCCc2ccccc2)Cc2ccccc21. The molecule has 0 bridgehead atoms. The number of nitrogens with one attached hydrogen (secondary N) is 1. The van der Waals surface area contributed by atoms with Crippen molar-refractivity contribution in [3.63, 3.8) is 0 Å². The molecule has 1 N–H and O–H groups in total. The zero-order valence-electron chi connectivity index (χ0n) is 12.1. The van der Waals surface area contributed by atoms with Crippen LogP contribution in [0, 0.1) is 0 Å². The van der Waals surface area contributed by atoms with Crippen molar-refractivity contribution >= 4 is 11.9 Å². The molecule has 2 aromatic rings. The lowest BCUT2D eigenvalue weighted by molar-refractivity contribution is -0.130. The Balaban J connectivity index is 1.56. The van der Waals surface area contributed by atoms with Crippen molar-refractivity contribution in [1.82, 2.24) is 5.32 Å². The van der Waals surface area contributed by atoms with Gasteiger partial charge in [0.1, 0.15) is 0 Å². The van der Waals surface area contributed by atoms with Crippen LogP contribution < -0.4 is 5.32 Å². The van der Waals surface area contributed by atoms with Gasteiger partial charge in [-0.05, 0) is 23.6 Å². The summed E-state index contributed by atoms with van der Waals surface area (Å²) >= 11 is 0. The monoisotopic (exact) mass is 295 g/mol. The summed E-state index contributed by atoms with van der Waals surface area (Å²) in [6.07, 6.45) is 0.446. The number of carbonyl (C=O) groups excluding carboxylic acids is 2. The van der Waals surface area contributed by atoms with Gasteiger partial charge >= 0.3 is 5.97 Å². The molecule has 3 rings (SSSR count). The molecular weight excluding hydrogens is 278 g/mol. The number of hydrogen-bond donors (Lipinski definition) is 1. The molecule has 0 spiro atoms. The average Bonchev–Trinajstić information content (AvgIpc) is 2.56. The number of benzene rings is 2. The third-order valence-corrected chi connectivity index (χ3v) is 3.74. The van der Waals surface area contributed by atoms with Gasteiger partial charge in [0.2, 0.25) is 0 Å². The Morgan fingerprint density at radius 2 is 1.82 bits per heavy atom. The molecule has 0 fully saturated rings. The zero-order chi connectivity index (χ0) is 15.4. The first kappa shape index (κ1) is 14.3. The predicted molar refractivity (Wildman–Crippen MR) is 82.5 cm³/mol. The summed E-state index contributed by atoms with van der Waals surface area (Å²) in [7, 11) is 0. The van der Waals surface area contributed by atoms with Gasteiger partial charge in [0.15, 0.2) is 6.10 Å². The molecular formula is C18H17NO3. The molecule has 1 aliphatic heterocycles. The highest BCUT2D eigenvalue weighted by Gasteiger charge is 2.30. The first-order chi connectivity index (χ1) is 10.7. The highest BCUT2D eigenvalue weighted by atomic mass is 16.5. The minimum Gasteiger partial charge on any atom is -0.448 e. The van der Waals surface area contributed by atoms with Gasteiger partial charge in [-0.3, -0.25) is 4.79 Å². The van der Waals surface area contributed by atoms with E-state index in [1.54, 1.807) is 12.1 Å². The maximum Gasteiger partial charge on any atom is 0.339 e. The molecule has 0 saturated heterocycles. The van der Waals surface area contributed by atoms with E-state index in [4.69, 9.17) is 4.74 Å². The fourth-order valence-electron chi connectivity index (χ4n) is 2.57. The second-order valence-electron chi connectivity index (χ2n) is 5.28. The molecule has 112 valence electrons. The summed E-state index contributed by atoms with van der Waals surface area (Å²) in [6.45, 7) is 0.526. The molecule has 0 radical (unpaired) electrons. The number of esters is 1. The summed E-state index contributed by atoms with van der Waals surface area (Å²) in [5.74, 6) is -0.663. The largest absolute Gasteiger partial charge is 0.448 e. The van der Waals surface area contributed by atoms with Crippen molar-refractivity contribution in [2.24, 2.45) is 0 Å². The van der Waals surface area contributed by atoms with Gasteiger partial charge in [-0.15, -0.1) is 0 Å². The molecule has 1 amide bonds. The standard InChI is InChI=1S/C18H17NO3/c20-17(19-11-10-13-6-2-1-3-7-13)16-12-14-8-4-5-9-15(14)18(21)22-16/h1-9,16H,10-12H2,(H,19,20)/t16-/m0/s1. The number of rotatable bonds is 4. The summed E-state index contributed by atoms with van der Waals surface area (Å²) in [5, 5.41) is 2.84. The van der Waals surface area contributed by atoms with Crippen LogP contribution in [0.1, 0.15) is 21.5 Å². The van der Waals surface area contributed by atoms with Crippen LogP contribution in [0.3, 0.4) is 0 Å². The van der Waals surface area contributed by atoms with Gasteiger partial charge in [-0.1, -0.05) is 48.5 Å². The van der Waals surface area contributed by atoms with E-state index in [0.717, 1.165) is 17.5 Å². The van der Waals surface area contributed by atoms with E-state index in [1.165, 1.54) is 0 Å². The topological polar surface area (TPSA) is 55.4 Å². The molecule has 4 heteroatoms. The number of hydrogen-bond acceptors (Lipinski definition) is 3. The van der Waals surface area contributed by atoms with Crippen molar-refractivity contribution in [3.05, 3.63) is 71.3 Å². The molecule has 0 aromatic heterocycles. The van der Waals surface area contributed by atoms with E-state index < -0.39 is 12.1 Å². The Kier molecular flexibility index (Phi) is 4.19. The average molecular weight is 295 g/mol. The van der Waals surface area contributed by atoms with E-state index >= 15 is 0 Å². The number of cyclic esters (lactones) is 1. The van der Waals surface area contributed by atoms with Crippen molar-refractivity contribution in [2.45, 2.75) is 18.9 Å². The molecule has 4 nitrogen and oxygen atoms in total. The Bertz CT molecular complexity index is 682. The maximum atomic E-state index is 12.2. The normalized spacial score (nSPS) is 16.5. The molecule has 22 heavy (non-hydrogen) atoms. The first-order valence-corrected chi connectivity index (χ1v) is 7.34. The quantitative estimate of drug-likeness (QED) is 0.879. The fourth-order valence-corrected chi connectivity index (χ4v) is 2.57. The molecule has 1 heterocycles. The van der Waals surface area contributed by atoms with Crippen LogP contribution in [0.25, 0.3) is 0 Å². The Morgan fingerprint density at radius 3 is 2.64 bits per heavy atom. The lowest BCUT2D eigenvalue weighted by Crippen LogP contribution is -2.42. The van der Waals surface area contributed by atoms with Crippen molar-refractivity contribution < 1.29 is 14.3 Å². The molecule has 0 saturated carbocycles. The third-order valence-electron chi connectivity index (χ3n) is 3.74. The number of fused-ring (bicyclic) bond motifs is 1. The zero-order valence-corrected chi connectivity index (χ0v) is 12.1. The lowest BCUT2D eigenvalue weighted by Gasteiger charge is -2.23. The van der Waals surface area contributed by atoms with E-state index in [1.807, 2.05) is 42.5 Å². The van der Waals surface area contributed by atoms with E-state index in [-0.39, 0.29) is 5.91 Å². The lowest BCUT2D eigenvalue weighted by atomic mass is 9.98. The fraction of sp³-hybridized carbons (Fsp3) is 0.222. The van der Waals surface area contributed by atoms with Gasteiger partial charge < -0.3 is 10.1 Å². The van der Waals surface area contributed by atoms with Gasteiger partial charge in [-0.25, -0.2) is 4.79 Å². The molecule has 2 aromatic carbocycles. The predicted octanol–water partition coefficient (Wildman–Crippen LogP) is 2.13. The van der Waals surface area contributed by atoms with Gasteiger partial charge in [0, 0.05) is 13.0 Å². The molecule has 1 aliphatic rings. The summed E-state index contributed by atoms with van der Waals surface area (Å²) in [4.78, 5) is 24.0. The molecule has 0 aliphatic carbocycles. The number of ether oxygens (including phenoxy) is 1. The number of amides is 1. The second kappa shape index (κ2) is 6.43. The van der Waals surface area contributed by atoms with Crippen LogP contribution in [0.4, 0.5) is 0 Å².